The minimum absolute atomic E-state index is 0. The monoisotopic (exact) mass is 248 g/mol. The summed E-state index contributed by atoms with van der Waals surface area (Å²) in [6, 6.07) is 0. The van der Waals surface area contributed by atoms with Crippen molar-refractivity contribution in [2.75, 3.05) is 18.1 Å². The SMILES string of the molecule is CCOC(=O)C(=N)C1=C(N)CS(=O)(=O)CC1.[HH]. The van der Waals surface area contributed by atoms with Crippen LogP contribution in [0.15, 0.2) is 11.3 Å². The molecule has 0 aromatic carbocycles. The Morgan fingerprint density at radius 3 is 2.75 bits per heavy atom. The maximum Gasteiger partial charge on any atom is 0.356 e. The average Bonchev–Trinajstić information content (AvgIpc) is 2.16. The van der Waals surface area contributed by atoms with E-state index in [0.717, 1.165) is 0 Å². The van der Waals surface area contributed by atoms with Crippen molar-refractivity contribution in [2.24, 2.45) is 5.73 Å². The predicted octanol–water partition coefficient (Wildman–Crippen LogP) is -0.153. The topological polar surface area (TPSA) is 110 Å². The predicted molar refractivity (Wildman–Crippen MR) is 61.0 cm³/mol. The van der Waals surface area contributed by atoms with Gasteiger partial charge in [-0.1, -0.05) is 0 Å². The number of hydrogen-bond acceptors (Lipinski definition) is 6. The molecule has 6 nitrogen and oxygen atoms in total. The van der Waals surface area contributed by atoms with E-state index in [1.807, 2.05) is 0 Å². The van der Waals surface area contributed by atoms with Gasteiger partial charge < -0.3 is 10.5 Å². The molecule has 0 aromatic rings. The molecule has 0 fully saturated rings. The summed E-state index contributed by atoms with van der Waals surface area (Å²) in [4.78, 5) is 11.3. The molecular formula is C9H16N2O4S. The molecule has 3 N–H and O–H groups in total. The molecule has 1 rings (SSSR count). The number of rotatable bonds is 3. The normalized spacial score (nSPS) is 19.3. The van der Waals surface area contributed by atoms with E-state index in [4.69, 9.17) is 11.1 Å². The highest BCUT2D eigenvalue weighted by atomic mass is 32.2. The molecule has 1 aliphatic heterocycles. The van der Waals surface area contributed by atoms with Crippen molar-refractivity contribution in [1.82, 2.24) is 0 Å². The molecule has 0 saturated carbocycles. The van der Waals surface area contributed by atoms with Gasteiger partial charge in [-0.15, -0.1) is 0 Å². The van der Waals surface area contributed by atoms with Crippen LogP contribution in [0.3, 0.4) is 0 Å². The van der Waals surface area contributed by atoms with E-state index in [0.29, 0.717) is 0 Å². The Labute approximate surface area is 95.4 Å². The zero-order chi connectivity index (χ0) is 12.3. The third-order valence-corrected chi connectivity index (χ3v) is 3.78. The van der Waals surface area contributed by atoms with E-state index < -0.39 is 15.8 Å². The fourth-order valence-corrected chi connectivity index (χ4v) is 2.73. The van der Waals surface area contributed by atoms with Crippen molar-refractivity contribution in [3.8, 4) is 0 Å². The molecule has 1 aliphatic rings. The van der Waals surface area contributed by atoms with Gasteiger partial charge in [0.25, 0.3) is 0 Å². The summed E-state index contributed by atoms with van der Waals surface area (Å²) < 4.78 is 27.1. The molecule has 1 heterocycles. The lowest BCUT2D eigenvalue weighted by Gasteiger charge is -2.17. The minimum Gasteiger partial charge on any atom is -0.461 e. The first-order valence-electron chi connectivity index (χ1n) is 4.81. The third kappa shape index (κ3) is 2.82. The van der Waals surface area contributed by atoms with Gasteiger partial charge in [0.05, 0.1) is 18.1 Å². The standard InChI is InChI=1S/C9H14N2O4S.H2/c1-2-15-9(12)8(11)6-3-4-16(13,14)5-7(6)10;/h11H,2-5,10H2,1H3;1H. The van der Waals surface area contributed by atoms with Crippen LogP contribution in [0.1, 0.15) is 14.8 Å². The van der Waals surface area contributed by atoms with Crippen LogP contribution in [0, 0.1) is 5.41 Å². The summed E-state index contributed by atoms with van der Waals surface area (Å²) in [6.45, 7) is 1.81. The van der Waals surface area contributed by atoms with Crippen molar-refractivity contribution < 1.29 is 19.4 Å². The number of nitrogens with two attached hydrogens (primary N) is 1. The summed E-state index contributed by atoms with van der Waals surface area (Å²) in [5, 5.41) is 7.55. The summed E-state index contributed by atoms with van der Waals surface area (Å²) in [6.07, 6.45) is 0.103. The Kier molecular flexibility index (Phi) is 3.69. The fourth-order valence-electron chi connectivity index (χ4n) is 1.43. The average molecular weight is 248 g/mol. The Bertz CT molecular complexity index is 456. The maximum atomic E-state index is 11.3. The van der Waals surface area contributed by atoms with Crippen molar-refractivity contribution in [2.45, 2.75) is 13.3 Å². The first-order valence-corrected chi connectivity index (χ1v) is 6.63. The quantitative estimate of drug-likeness (QED) is 0.533. The number of carbonyl (C=O) groups is 1. The van der Waals surface area contributed by atoms with Crippen molar-refractivity contribution in [1.29, 1.82) is 5.41 Å². The number of ether oxygens (including phenoxy) is 1. The van der Waals surface area contributed by atoms with E-state index >= 15 is 0 Å². The number of esters is 1. The van der Waals surface area contributed by atoms with Gasteiger partial charge in [0.1, 0.15) is 5.71 Å². The molecule has 16 heavy (non-hydrogen) atoms. The minimum atomic E-state index is -3.17. The molecule has 0 radical (unpaired) electrons. The van der Waals surface area contributed by atoms with Gasteiger partial charge in [0, 0.05) is 12.7 Å². The maximum absolute atomic E-state index is 11.3. The van der Waals surface area contributed by atoms with Crippen LogP contribution in [0.2, 0.25) is 0 Å². The molecule has 0 amide bonds. The second kappa shape index (κ2) is 4.65. The first-order chi connectivity index (χ1) is 7.37. The summed E-state index contributed by atoms with van der Waals surface area (Å²) >= 11 is 0. The molecule has 0 unspecified atom stereocenters. The molecule has 0 atom stereocenters. The molecular weight excluding hydrogens is 232 g/mol. The lowest BCUT2D eigenvalue weighted by atomic mass is 10.1. The molecule has 7 heteroatoms. The second-order valence-electron chi connectivity index (χ2n) is 3.44. The van der Waals surface area contributed by atoms with E-state index in [-0.39, 0.29) is 42.9 Å². The highest BCUT2D eigenvalue weighted by molar-refractivity contribution is 7.91. The summed E-state index contributed by atoms with van der Waals surface area (Å²) in [5.74, 6) is -1.13. The lowest BCUT2D eigenvalue weighted by molar-refractivity contribution is -0.135. The van der Waals surface area contributed by atoms with Crippen molar-refractivity contribution in [3.05, 3.63) is 11.3 Å². The largest absolute Gasteiger partial charge is 0.461 e. The Hall–Kier alpha value is -1.37. The van der Waals surface area contributed by atoms with Gasteiger partial charge in [-0.05, 0) is 13.3 Å². The van der Waals surface area contributed by atoms with Gasteiger partial charge in [-0.3, -0.25) is 5.41 Å². The molecule has 92 valence electrons. The van der Waals surface area contributed by atoms with Crippen molar-refractivity contribution in [3.63, 3.8) is 0 Å². The third-order valence-electron chi connectivity index (χ3n) is 2.21. The van der Waals surface area contributed by atoms with Gasteiger partial charge in [-0.25, -0.2) is 13.2 Å². The zero-order valence-corrected chi connectivity index (χ0v) is 9.76. The Morgan fingerprint density at radius 1 is 1.62 bits per heavy atom. The molecule has 0 bridgehead atoms. The second-order valence-corrected chi connectivity index (χ2v) is 5.63. The number of hydrogen-bond donors (Lipinski definition) is 2. The number of sulfone groups is 1. The first kappa shape index (κ1) is 12.7. The molecule has 0 spiro atoms. The highest BCUT2D eigenvalue weighted by Gasteiger charge is 2.27. The van der Waals surface area contributed by atoms with Gasteiger partial charge in [0.2, 0.25) is 0 Å². The van der Waals surface area contributed by atoms with Crippen LogP contribution in [0.5, 0.6) is 0 Å². The van der Waals surface area contributed by atoms with Crippen LogP contribution in [0.4, 0.5) is 0 Å². The van der Waals surface area contributed by atoms with Crippen molar-refractivity contribution >= 4 is 21.5 Å². The van der Waals surface area contributed by atoms with Crippen LogP contribution < -0.4 is 5.73 Å². The van der Waals surface area contributed by atoms with E-state index in [1.165, 1.54) is 0 Å². The van der Waals surface area contributed by atoms with Gasteiger partial charge in [0.15, 0.2) is 9.84 Å². The molecule has 0 saturated heterocycles. The van der Waals surface area contributed by atoms with Crippen LogP contribution in [-0.2, 0) is 19.4 Å². The zero-order valence-electron chi connectivity index (χ0n) is 8.95. The van der Waals surface area contributed by atoms with E-state index in [1.54, 1.807) is 6.92 Å². The van der Waals surface area contributed by atoms with Crippen LogP contribution in [0.25, 0.3) is 0 Å². The van der Waals surface area contributed by atoms with Gasteiger partial charge in [-0.2, -0.15) is 0 Å². The highest BCUT2D eigenvalue weighted by Crippen LogP contribution is 2.17. The van der Waals surface area contributed by atoms with E-state index in [2.05, 4.69) is 4.74 Å². The van der Waals surface area contributed by atoms with Gasteiger partial charge >= 0.3 is 5.97 Å². The molecule has 0 aliphatic carbocycles. The number of nitrogens with one attached hydrogen (secondary N) is 1. The summed E-state index contributed by atoms with van der Waals surface area (Å²) in [7, 11) is -3.17. The lowest BCUT2D eigenvalue weighted by Crippen LogP contribution is -2.30. The Balaban J connectivity index is 0.00000256. The fraction of sp³-hybridized carbons (Fsp3) is 0.556. The smallest absolute Gasteiger partial charge is 0.356 e. The number of carbonyl (C=O) groups excluding carboxylic acids is 1. The van der Waals surface area contributed by atoms with Crippen LogP contribution in [-0.4, -0.2) is 38.2 Å². The Morgan fingerprint density at radius 2 is 2.25 bits per heavy atom. The van der Waals surface area contributed by atoms with Crippen LogP contribution >= 0.6 is 0 Å². The molecule has 0 aromatic heterocycles. The summed E-state index contributed by atoms with van der Waals surface area (Å²) in [5.41, 5.74) is 5.56. The van der Waals surface area contributed by atoms with E-state index in [9.17, 15) is 13.2 Å².